The van der Waals surface area contributed by atoms with Crippen LogP contribution in [0.4, 0.5) is 0 Å². The van der Waals surface area contributed by atoms with Crippen molar-refractivity contribution in [2.75, 3.05) is 6.61 Å². The van der Waals surface area contributed by atoms with Crippen molar-refractivity contribution >= 4 is 11.9 Å². The number of allylic oxidation sites excluding steroid dienone is 2. The van der Waals surface area contributed by atoms with Crippen LogP contribution in [0.3, 0.4) is 0 Å². The quantitative estimate of drug-likeness (QED) is 0.145. The topological polar surface area (TPSA) is 91.7 Å². The average molecular weight is 654 g/mol. The van der Waals surface area contributed by atoms with E-state index in [2.05, 4.69) is 5.32 Å². The maximum Gasteiger partial charge on any atom is 0.337 e. The highest BCUT2D eigenvalue weighted by Gasteiger charge is 2.40. The second-order valence-corrected chi connectivity index (χ2v) is 11.9. The Morgan fingerprint density at radius 1 is 0.735 bits per heavy atom. The molecule has 0 amide bonds. The summed E-state index contributed by atoms with van der Waals surface area (Å²) >= 11 is 0. The molecule has 0 atom stereocenters. The third kappa shape index (κ3) is 7.33. The lowest BCUT2D eigenvalue weighted by molar-refractivity contribution is -0.141. The molecular weight excluding hydrogens is 614 g/mol. The molecule has 49 heavy (non-hydrogen) atoms. The van der Waals surface area contributed by atoms with Gasteiger partial charge in [-0.15, -0.1) is 0 Å². The zero-order valence-corrected chi connectivity index (χ0v) is 28.1. The summed E-state index contributed by atoms with van der Waals surface area (Å²) in [5.74, 6) is -1.19. The highest BCUT2D eigenvalue weighted by atomic mass is 16.5. The van der Waals surface area contributed by atoms with E-state index >= 15 is 0 Å². The van der Waals surface area contributed by atoms with Gasteiger partial charge in [0.1, 0.15) is 19.0 Å². The summed E-state index contributed by atoms with van der Waals surface area (Å²) in [5.41, 5.74) is 7.39. The van der Waals surface area contributed by atoms with Crippen LogP contribution >= 0.6 is 0 Å². The van der Waals surface area contributed by atoms with Crippen LogP contribution in [0.15, 0.2) is 138 Å². The van der Waals surface area contributed by atoms with Gasteiger partial charge in [-0.2, -0.15) is 5.10 Å². The number of rotatable bonds is 11. The fourth-order valence-electron chi connectivity index (χ4n) is 6.13. The van der Waals surface area contributed by atoms with E-state index in [-0.39, 0.29) is 13.2 Å². The van der Waals surface area contributed by atoms with Crippen LogP contribution < -0.4 is 10.1 Å². The fourth-order valence-corrected chi connectivity index (χ4v) is 6.13. The Morgan fingerprint density at radius 3 is 1.78 bits per heavy atom. The van der Waals surface area contributed by atoms with Crippen molar-refractivity contribution in [2.45, 2.75) is 46.8 Å². The molecule has 0 fully saturated rings. The van der Waals surface area contributed by atoms with Crippen molar-refractivity contribution in [3.05, 3.63) is 160 Å². The lowest BCUT2D eigenvalue weighted by Gasteiger charge is -2.30. The van der Waals surface area contributed by atoms with Crippen molar-refractivity contribution in [2.24, 2.45) is 0 Å². The minimum Gasteiger partial charge on any atom is -0.494 e. The largest absolute Gasteiger partial charge is 0.494 e. The second-order valence-electron chi connectivity index (χ2n) is 11.9. The van der Waals surface area contributed by atoms with E-state index in [0.29, 0.717) is 40.4 Å². The van der Waals surface area contributed by atoms with Gasteiger partial charge >= 0.3 is 11.9 Å². The number of dihydropyridines is 1. The third-order valence-corrected chi connectivity index (χ3v) is 8.46. The maximum absolute atomic E-state index is 14.2. The highest BCUT2D eigenvalue weighted by Crippen LogP contribution is 2.44. The predicted octanol–water partition coefficient (Wildman–Crippen LogP) is 7.97. The van der Waals surface area contributed by atoms with Crippen LogP contribution in [0.5, 0.6) is 5.75 Å². The van der Waals surface area contributed by atoms with Gasteiger partial charge in [-0.3, -0.25) is 0 Å². The van der Waals surface area contributed by atoms with Crippen molar-refractivity contribution in [3.63, 3.8) is 0 Å². The Morgan fingerprint density at radius 2 is 1.27 bits per heavy atom. The van der Waals surface area contributed by atoms with Crippen molar-refractivity contribution in [3.8, 4) is 22.7 Å². The van der Waals surface area contributed by atoms with E-state index in [0.717, 1.165) is 33.7 Å². The molecule has 0 saturated carbocycles. The van der Waals surface area contributed by atoms with Crippen LogP contribution in [0.2, 0.25) is 0 Å². The molecule has 1 aromatic heterocycles. The molecule has 0 bridgehead atoms. The van der Waals surface area contributed by atoms with Crippen LogP contribution in [-0.4, -0.2) is 28.3 Å². The molecule has 5 aromatic rings. The molecule has 4 aromatic carbocycles. The van der Waals surface area contributed by atoms with Crippen LogP contribution in [0, 0.1) is 6.92 Å². The molecule has 0 spiro atoms. The lowest BCUT2D eigenvalue weighted by atomic mass is 9.79. The molecule has 0 aliphatic carbocycles. The SMILES string of the molecule is CCOc1ccc(-c2nn(-c3ccccc3)cc2C2C(C(=O)OCc3ccccc3)=C(C)NC(C)=C2C(=O)OCc2ccccc2)c(C)c1. The number of benzene rings is 4. The Bertz CT molecular complexity index is 1940. The van der Waals surface area contributed by atoms with Gasteiger partial charge < -0.3 is 19.5 Å². The highest BCUT2D eigenvalue weighted by molar-refractivity contribution is 6.00. The number of ether oxygens (including phenoxy) is 3. The van der Waals surface area contributed by atoms with E-state index in [4.69, 9.17) is 19.3 Å². The summed E-state index contributed by atoms with van der Waals surface area (Å²) in [7, 11) is 0. The third-order valence-electron chi connectivity index (χ3n) is 8.46. The Kier molecular flexibility index (Phi) is 10.0. The number of nitrogens with zero attached hydrogens (tertiary/aromatic N) is 2. The summed E-state index contributed by atoms with van der Waals surface area (Å²) in [5, 5.41) is 8.37. The molecule has 1 aliphatic rings. The zero-order valence-electron chi connectivity index (χ0n) is 28.1. The number of aryl methyl sites for hydroxylation is 1. The van der Waals surface area contributed by atoms with E-state index in [1.165, 1.54) is 0 Å². The standard InChI is InChI=1S/C41H39N3O5/c1-5-47-33-21-22-34(27(2)23-33)39-35(24-44(43-39)32-19-13-8-14-20-32)38-36(40(45)48-25-30-15-9-6-10-16-30)28(3)42-29(4)37(38)41(46)49-26-31-17-11-7-12-18-31/h6-24,38,42H,5,25-26H2,1-4H3. The number of aromatic nitrogens is 2. The van der Waals surface area contributed by atoms with Crippen molar-refractivity contribution in [1.82, 2.24) is 15.1 Å². The van der Waals surface area contributed by atoms with Crippen molar-refractivity contribution in [1.29, 1.82) is 0 Å². The van der Waals surface area contributed by atoms with Gasteiger partial charge in [0.05, 0.1) is 35.1 Å². The molecule has 8 heteroatoms. The number of esters is 2. The molecule has 1 N–H and O–H groups in total. The van der Waals surface area contributed by atoms with Gasteiger partial charge in [0.25, 0.3) is 0 Å². The van der Waals surface area contributed by atoms with Gasteiger partial charge in [0.15, 0.2) is 0 Å². The maximum atomic E-state index is 14.2. The van der Waals surface area contributed by atoms with E-state index in [1.54, 1.807) is 4.68 Å². The summed E-state index contributed by atoms with van der Waals surface area (Å²) in [6, 6.07) is 34.6. The first-order valence-electron chi connectivity index (χ1n) is 16.3. The first-order chi connectivity index (χ1) is 23.8. The molecule has 0 unspecified atom stereocenters. The first kappa shape index (κ1) is 33.0. The van der Waals surface area contributed by atoms with E-state index in [9.17, 15) is 9.59 Å². The summed E-state index contributed by atoms with van der Waals surface area (Å²) in [6.07, 6.45) is 1.89. The van der Waals surface area contributed by atoms with E-state index in [1.807, 2.05) is 143 Å². The van der Waals surface area contributed by atoms with Gasteiger partial charge in [-0.25, -0.2) is 14.3 Å². The monoisotopic (exact) mass is 653 g/mol. The molecule has 2 heterocycles. The Balaban J connectivity index is 1.50. The fraction of sp³-hybridized carbons (Fsp3) is 0.195. The van der Waals surface area contributed by atoms with Crippen molar-refractivity contribution < 1.29 is 23.8 Å². The normalized spacial score (nSPS) is 13.2. The van der Waals surface area contributed by atoms with Gasteiger partial charge in [-0.1, -0.05) is 78.9 Å². The molecule has 6 rings (SSSR count). The minimum absolute atomic E-state index is 0.0772. The molecule has 1 aliphatic heterocycles. The number of nitrogens with one attached hydrogen (secondary N) is 1. The van der Waals surface area contributed by atoms with Crippen LogP contribution in [0.1, 0.15) is 48.9 Å². The summed E-state index contributed by atoms with van der Waals surface area (Å²) in [6.45, 7) is 8.29. The smallest absolute Gasteiger partial charge is 0.337 e. The summed E-state index contributed by atoms with van der Waals surface area (Å²) < 4.78 is 19.4. The molecule has 0 radical (unpaired) electrons. The van der Waals surface area contributed by atoms with Crippen LogP contribution in [-0.2, 0) is 32.3 Å². The molecule has 0 saturated heterocycles. The molecule has 248 valence electrons. The Hall–Kier alpha value is -5.89. The summed E-state index contributed by atoms with van der Waals surface area (Å²) in [4.78, 5) is 28.4. The van der Waals surface area contributed by atoms with E-state index < -0.39 is 17.9 Å². The minimum atomic E-state index is -0.855. The lowest BCUT2D eigenvalue weighted by Crippen LogP contribution is -2.32. The first-order valence-corrected chi connectivity index (χ1v) is 16.3. The van der Waals surface area contributed by atoms with Gasteiger partial charge in [0, 0.05) is 28.7 Å². The number of carbonyl (C=O) groups is 2. The number of para-hydroxylation sites is 1. The molecule has 8 nitrogen and oxygen atoms in total. The van der Waals surface area contributed by atoms with Gasteiger partial charge in [-0.05, 0) is 74.7 Å². The number of carbonyl (C=O) groups excluding carboxylic acids is 2. The number of hydrogen-bond donors (Lipinski definition) is 1. The second kappa shape index (κ2) is 14.9. The zero-order chi connectivity index (χ0) is 34.3. The number of hydrogen-bond acceptors (Lipinski definition) is 7. The molecular formula is C41H39N3O5. The Labute approximate surface area is 286 Å². The predicted molar refractivity (Wildman–Crippen MR) is 189 cm³/mol. The average Bonchev–Trinajstić information content (AvgIpc) is 3.56. The van der Waals surface area contributed by atoms with Crippen LogP contribution in [0.25, 0.3) is 16.9 Å². The van der Waals surface area contributed by atoms with Gasteiger partial charge in [0.2, 0.25) is 0 Å².